The first kappa shape index (κ1) is 14.8. The SMILES string of the molecule is C[Se]/C(=C/C(=O)C(Cl)(Cl)Cl)CC(C)C. The van der Waals surface area contributed by atoms with Crippen molar-refractivity contribution in [3.8, 4) is 0 Å². The van der Waals surface area contributed by atoms with Crippen LogP contribution in [-0.4, -0.2) is 24.5 Å². The third kappa shape index (κ3) is 6.31. The van der Waals surface area contributed by atoms with Crippen LogP contribution in [0.4, 0.5) is 0 Å². The van der Waals surface area contributed by atoms with Crippen molar-refractivity contribution in [1.82, 2.24) is 0 Å². The molecule has 0 bridgehead atoms. The quantitative estimate of drug-likeness (QED) is 0.439. The molecule has 0 heterocycles. The van der Waals surface area contributed by atoms with Crippen LogP contribution in [0.15, 0.2) is 10.5 Å². The minimum atomic E-state index is -1.81. The number of ketones is 1. The summed E-state index contributed by atoms with van der Waals surface area (Å²) in [6.45, 7) is 4.19. The molecule has 0 radical (unpaired) electrons. The van der Waals surface area contributed by atoms with Gasteiger partial charge in [-0.1, -0.05) is 0 Å². The van der Waals surface area contributed by atoms with E-state index in [4.69, 9.17) is 34.8 Å². The number of rotatable bonds is 4. The maximum absolute atomic E-state index is 11.4. The van der Waals surface area contributed by atoms with Gasteiger partial charge in [0.2, 0.25) is 0 Å². The van der Waals surface area contributed by atoms with E-state index in [-0.39, 0.29) is 15.0 Å². The summed E-state index contributed by atoms with van der Waals surface area (Å²) in [7, 11) is 0. The first-order chi connectivity index (χ1) is 6.27. The first-order valence-corrected chi connectivity index (χ1v) is 7.83. The van der Waals surface area contributed by atoms with Gasteiger partial charge in [0.25, 0.3) is 0 Å². The van der Waals surface area contributed by atoms with Crippen LogP contribution in [0.3, 0.4) is 0 Å². The Morgan fingerprint density at radius 1 is 1.43 bits per heavy atom. The van der Waals surface area contributed by atoms with Crippen LogP contribution in [-0.2, 0) is 4.79 Å². The van der Waals surface area contributed by atoms with Crippen LogP contribution in [0.5, 0.6) is 0 Å². The Balaban J connectivity index is 4.52. The van der Waals surface area contributed by atoms with Crippen LogP contribution in [0.25, 0.3) is 0 Å². The van der Waals surface area contributed by atoms with E-state index in [1.807, 2.05) is 5.82 Å². The Hall–Kier alpha value is 0.799. The van der Waals surface area contributed by atoms with Crippen molar-refractivity contribution < 1.29 is 4.79 Å². The monoisotopic (exact) mass is 322 g/mol. The van der Waals surface area contributed by atoms with Crippen molar-refractivity contribution in [2.75, 3.05) is 0 Å². The van der Waals surface area contributed by atoms with Crippen LogP contribution in [0.2, 0.25) is 5.82 Å². The van der Waals surface area contributed by atoms with Gasteiger partial charge in [0, 0.05) is 0 Å². The average Bonchev–Trinajstić information content (AvgIpc) is 2.00. The third-order valence-electron chi connectivity index (χ3n) is 1.44. The van der Waals surface area contributed by atoms with Gasteiger partial charge in [0.15, 0.2) is 0 Å². The van der Waals surface area contributed by atoms with Crippen molar-refractivity contribution in [3.63, 3.8) is 0 Å². The summed E-state index contributed by atoms with van der Waals surface area (Å²) in [6, 6.07) is 0. The average molecular weight is 323 g/mol. The molecule has 0 N–H and O–H groups in total. The van der Waals surface area contributed by atoms with Crippen molar-refractivity contribution in [2.45, 2.75) is 29.9 Å². The Kier molecular flexibility index (Phi) is 6.76. The number of allylic oxidation sites excluding steroid dienone is 2. The van der Waals surface area contributed by atoms with Crippen LogP contribution >= 0.6 is 34.8 Å². The Morgan fingerprint density at radius 3 is 2.21 bits per heavy atom. The molecule has 0 aliphatic rings. The molecule has 0 rings (SSSR count). The molecule has 0 aromatic rings. The number of halogens is 3. The molecule has 14 heavy (non-hydrogen) atoms. The van der Waals surface area contributed by atoms with Crippen molar-refractivity contribution in [1.29, 1.82) is 0 Å². The molecule has 0 unspecified atom stereocenters. The Bertz CT molecular complexity index is 231. The summed E-state index contributed by atoms with van der Waals surface area (Å²) in [4.78, 5) is 11.4. The fraction of sp³-hybridized carbons (Fsp3) is 0.667. The summed E-state index contributed by atoms with van der Waals surface area (Å²) in [5.41, 5.74) is 0. The van der Waals surface area contributed by atoms with Gasteiger partial charge in [0.05, 0.1) is 0 Å². The minimum absolute atomic E-state index is 0.288. The molecule has 1 nitrogen and oxygen atoms in total. The number of alkyl halides is 3. The van der Waals surface area contributed by atoms with E-state index in [9.17, 15) is 4.79 Å². The molecule has 0 amide bonds. The van der Waals surface area contributed by atoms with Gasteiger partial charge in [-0.05, 0) is 0 Å². The van der Waals surface area contributed by atoms with Crippen molar-refractivity contribution >= 4 is 55.5 Å². The standard InChI is InChI=1S/C9H13Cl3OSe/c1-6(2)4-7(14-3)5-8(13)9(10,11)12/h5-6H,4H2,1-3H3/b7-5+. The third-order valence-corrected chi connectivity index (χ3v) is 3.70. The second-order valence-corrected chi connectivity index (χ2v) is 7.51. The van der Waals surface area contributed by atoms with E-state index in [1.54, 1.807) is 0 Å². The van der Waals surface area contributed by atoms with E-state index in [0.717, 1.165) is 10.9 Å². The zero-order valence-corrected chi connectivity index (χ0v) is 12.3. The molecule has 0 aliphatic heterocycles. The second kappa shape index (κ2) is 6.40. The summed E-state index contributed by atoms with van der Waals surface area (Å²) in [5.74, 6) is 2.13. The number of carbonyl (C=O) groups excluding carboxylic acids is 1. The second-order valence-electron chi connectivity index (χ2n) is 3.27. The predicted octanol–water partition coefficient (Wildman–Crippen LogP) is 3.61. The molecule has 0 saturated heterocycles. The number of hydrogen-bond acceptors (Lipinski definition) is 1. The van der Waals surface area contributed by atoms with E-state index in [1.165, 1.54) is 6.08 Å². The number of hydrogen-bond donors (Lipinski definition) is 0. The fourth-order valence-corrected chi connectivity index (χ4v) is 2.52. The fourth-order valence-electron chi connectivity index (χ4n) is 0.832. The van der Waals surface area contributed by atoms with Gasteiger partial charge in [-0.15, -0.1) is 0 Å². The van der Waals surface area contributed by atoms with E-state index < -0.39 is 9.58 Å². The molecule has 0 aliphatic carbocycles. The van der Waals surface area contributed by atoms with Crippen molar-refractivity contribution in [2.24, 2.45) is 5.92 Å². The molecule has 82 valence electrons. The van der Waals surface area contributed by atoms with E-state index in [2.05, 4.69) is 13.8 Å². The maximum atomic E-state index is 11.4. The zero-order valence-electron chi connectivity index (χ0n) is 8.31. The summed E-state index contributed by atoms with van der Waals surface area (Å²) < 4.78 is -0.725. The summed E-state index contributed by atoms with van der Waals surface area (Å²) in [5, 5.41) is 0. The predicted molar refractivity (Wildman–Crippen MR) is 64.5 cm³/mol. The van der Waals surface area contributed by atoms with Gasteiger partial charge in [-0.2, -0.15) is 0 Å². The Labute approximate surface area is 106 Å². The van der Waals surface area contributed by atoms with Crippen molar-refractivity contribution in [3.05, 3.63) is 10.5 Å². The van der Waals surface area contributed by atoms with Crippen LogP contribution in [0.1, 0.15) is 20.3 Å². The van der Waals surface area contributed by atoms with E-state index >= 15 is 0 Å². The molecule has 0 spiro atoms. The summed E-state index contributed by atoms with van der Waals surface area (Å²) >= 11 is 16.7. The Morgan fingerprint density at radius 2 is 1.93 bits per heavy atom. The number of carbonyl (C=O) groups is 1. The molecular weight excluding hydrogens is 309 g/mol. The molecule has 0 atom stereocenters. The molecule has 0 aromatic heterocycles. The topological polar surface area (TPSA) is 17.1 Å². The van der Waals surface area contributed by atoms with E-state index in [0.29, 0.717) is 5.92 Å². The molecule has 0 aromatic carbocycles. The molecule has 5 heteroatoms. The van der Waals surface area contributed by atoms with Gasteiger partial charge < -0.3 is 0 Å². The summed E-state index contributed by atoms with van der Waals surface area (Å²) in [6.07, 6.45) is 2.37. The van der Waals surface area contributed by atoms with Gasteiger partial charge in [-0.25, -0.2) is 0 Å². The normalized spacial score (nSPS) is 13.5. The molecule has 0 saturated carbocycles. The molecular formula is C9H13Cl3OSe. The van der Waals surface area contributed by atoms with Gasteiger partial charge in [-0.3, -0.25) is 0 Å². The van der Waals surface area contributed by atoms with Gasteiger partial charge in [0.1, 0.15) is 0 Å². The van der Waals surface area contributed by atoms with Crippen LogP contribution in [0, 0.1) is 5.92 Å². The van der Waals surface area contributed by atoms with Crippen LogP contribution < -0.4 is 0 Å². The zero-order chi connectivity index (χ0) is 11.4. The first-order valence-electron chi connectivity index (χ1n) is 4.13. The molecule has 0 fully saturated rings. The van der Waals surface area contributed by atoms with Gasteiger partial charge >= 0.3 is 107 Å².